The van der Waals surface area contributed by atoms with Gasteiger partial charge in [0.1, 0.15) is 6.33 Å². The number of hydrogen-bond donors (Lipinski definition) is 0. The summed E-state index contributed by atoms with van der Waals surface area (Å²) in [6, 6.07) is 4.16. The van der Waals surface area contributed by atoms with Crippen LogP contribution in [0.1, 0.15) is 18.1 Å². The largest absolute Gasteiger partial charge is 0.493 e. The van der Waals surface area contributed by atoms with E-state index in [1.165, 1.54) is 11.1 Å². The summed E-state index contributed by atoms with van der Waals surface area (Å²) in [4.78, 5) is 2.34. The first kappa shape index (κ1) is 16.0. The summed E-state index contributed by atoms with van der Waals surface area (Å²) >= 11 is 5.44. The molecule has 2 heterocycles. The quantitative estimate of drug-likeness (QED) is 0.786. The van der Waals surface area contributed by atoms with Crippen LogP contribution in [0, 0.1) is 4.77 Å². The Morgan fingerprint density at radius 3 is 2.48 bits per heavy atom. The Morgan fingerprint density at radius 2 is 1.87 bits per heavy atom. The zero-order chi connectivity index (χ0) is 16.4. The van der Waals surface area contributed by atoms with Gasteiger partial charge in [-0.15, -0.1) is 0 Å². The van der Waals surface area contributed by atoms with Crippen molar-refractivity contribution < 1.29 is 9.47 Å². The van der Waals surface area contributed by atoms with Crippen molar-refractivity contribution in [2.24, 2.45) is 0 Å². The average molecular weight is 334 g/mol. The number of nitrogens with zero attached hydrogens (tertiary/aromatic N) is 4. The fourth-order valence-corrected chi connectivity index (χ4v) is 3.22. The van der Waals surface area contributed by atoms with E-state index < -0.39 is 0 Å². The molecule has 3 rings (SSSR count). The molecule has 0 unspecified atom stereocenters. The highest BCUT2D eigenvalue weighted by Gasteiger charge is 2.20. The maximum Gasteiger partial charge on any atom is 0.198 e. The molecule has 0 amide bonds. The Balaban J connectivity index is 1.79. The second kappa shape index (κ2) is 6.72. The molecule has 0 saturated heterocycles. The van der Waals surface area contributed by atoms with Crippen LogP contribution < -0.4 is 9.47 Å². The van der Waals surface area contributed by atoms with E-state index in [9.17, 15) is 0 Å². The predicted molar refractivity (Wildman–Crippen MR) is 90.4 cm³/mol. The molecule has 1 aliphatic rings. The van der Waals surface area contributed by atoms with Crippen molar-refractivity contribution in [2.45, 2.75) is 33.1 Å². The first-order valence-corrected chi connectivity index (χ1v) is 8.15. The number of hydrogen-bond acceptors (Lipinski definition) is 5. The fraction of sp³-hybridized carbons (Fsp3) is 0.500. The minimum atomic E-state index is 0.708. The van der Waals surface area contributed by atoms with Gasteiger partial charge < -0.3 is 14.0 Å². The van der Waals surface area contributed by atoms with E-state index in [1.807, 2.05) is 9.25 Å². The molecule has 0 bridgehead atoms. The molecule has 0 fully saturated rings. The summed E-state index contributed by atoms with van der Waals surface area (Å²) in [7, 11) is 3.34. The molecule has 124 valence electrons. The average Bonchev–Trinajstić information content (AvgIpc) is 2.93. The molecule has 6 nitrogen and oxygen atoms in total. The van der Waals surface area contributed by atoms with Gasteiger partial charge in [0, 0.05) is 19.6 Å². The summed E-state index contributed by atoms with van der Waals surface area (Å²) in [6.45, 7) is 5.45. The van der Waals surface area contributed by atoms with Crippen molar-refractivity contribution >= 4 is 12.2 Å². The van der Waals surface area contributed by atoms with Crippen molar-refractivity contribution in [3.63, 3.8) is 0 Å². The lowest BCUT2D eigenvalue weighted by Gasteiger charge is -2.29. The number of fused-ring (bicyclic) bond motifs is 1. The van der Waals surface area contributed by atoms with Gasteiger partial charge in [-0.3, -0.25) is 4.90 Å². The van der Waals surface area contributed by atoms with Crippen LogP contribution in [0.5, 0.6) is 11.5 Å². The Bertz CT molecular complexity index is 753. The predicted octanol–water partition coefficient (Wildman–Crippen LogP) is 2.47. The van der Waals surface area contributed by atoms with Gasteiger partial charge in [-0.25, -0.2) is 4.68 Å². The summed E-state index contributed by atoms with van der Waals surface area (Å²) < 4.78 is 15.4. The van der Waals surface area contributed by atoms with Crippen LogP contribution in [0.25, 0.3) is 0 Å². The van der Waals surface area contributed by atoms with Crippen LogP contribution in [0.15, 0.2) is 18.5 Å². The van der Waals surface area contributed by atoms with Gasteiger partial charge in [0.05, 0.1) is 20.9 Å². The van der Waals surface area contributed by atoms with E-state index in [4.69, 9.17) is 21.7 Å². The van der Waals surface area contributed by atoms with Crippen LogP contribution in [0.3, 0.4) is 0 Å². The van der Waals surface area contributed by atoms with Crippen LogP contribution in [-0.2, 0) is 26.2 Å². The molecule has 0 aliphatic carbocycles. The molecular formula is C16H22N4O2S. The monoisotopic (exact) mass is 334 g/mol. The maximum absolute atomic E-state index is 5.44. The lowest BCUT2D eigenvalue weighted by molar-refractivity contribution is 0.187. The van der Waals surface area contributed by atoms with Gasteiger partial charge in [0.2, 0.25) is 0 Å². The van der Waals surface area contributed by atoms with E-state index in [2.05, 4.69) is 29.1 Å². The van der Waals surface area contributed by atoms with Gasteiger partial charge in [0.15, 0.2) is 16.3 Å². The molecule has 0 N–H and O–H groups in total. The van der Waals surface area contributed by atoms with Crippen LogP contribution in [0.4, 0.5) is 0 Å². The molecular weight excluding hydrogens is 312 g/mol. The standard InChI is InChI=1S/C16H22N4O2S/c1-4-19-10-17-20(16(19)23)11-18-6-5-12-7-14(21-2)15(22-3)8-13(12)9-18/h7-8,10H,4-6,9,11H2,1-3H3. The maximum atomic E-state index is 5.44. The lowest BCUT2D eigenvalue weighted by atomic mass is 9.99. The molecule has 0 saturated carbocycles. The normalized spacial score (nSPS) is 14.6. The third-order valence-corrected chi connectivity index (χ3v) is 4.71. The first-order chi connectivity index (χ1) is 11.2. The summed E-state index contributed by atoms with van der Waals surface area (Å²) in [5.74, 6) is 1.57. The van der Waals surface area contributed by atoms with Gasteiger partial charge in [0.25, 0.3) is 0 Å². The van der Waals surface area contributed by atoms with Crippen molar-refractivity contribution in [2.75, 3.05) is 20.8 Å². The van der Waals surface area contributed by atoms with E-state index in [-0.39, 0.29) is 0 Å². The van der Waals surface area contributed by atoms with E-state index in [0.29, 0.717) is 6.67 Å². The summed E-state index contributed by atoms with van der Waals surface area (Å²) in [6.07, 6.45) is 2.78. The Hall–Kier alpha value is -1.86. The minimum Gasteiger partial charge on any atom is -0.493 e. The van der Waals surface area contributed by atoms with E-state index >= 15 is 0 Å². The van der Waals surface area contributed by atoms with Crippen LogP contribution >= 0.6 is 12.2 Å². The molecule has 1 aliphatic heterocycles. The lowest BCUT2D eigenvalue weighted by Crippen LogP contribution is -2.32. The summed E-state index contributed by atoms with van der Waals surface area (Å²) in [5.41, 5.74) is 2.59. The van der Waals surface area contributed by atoms with E-state index in [1.54, 1.807) is 20.5 Å². The minimum absolute atomic E-state index is 0.708. The van der Waals surface area contributed by atoms with Crippen LogP contribution in [0.2, 0.25) is 0 Å². The Morgan fingerprint density at radius 1 is 1.17 bits per heavy atom. The van der Waals surface area contributed by atoms with Crippen molar-refractivity contribution in [3.05, 3.63) is 34.4 Å². The zero-order valence-corrected chi connectivity index (χ0v) is 14.6. The van der Waals surface area contributed by atoms with Gasteiger partial charge in [-0.05, 0) is 48.8 Å². The van der Waals surface area contributed by atoms with Gasteiger partial charge in [-0.2, -0.15) is 5.10 Å². The summed E-state index contributed by atoms with van der Waals surface area (Å²) in [5, 5.41) is 4.39. The Labute approximate surface area is 141 Å². The smallest absolute Gasteiger partial charge is 0.198 e. The van der Waals surface area contributed by atoms with Gasteiger partial charge >= 0.3 is 0 Å². The van der Waals surface area contributed by atoms with Crippen molar-refractivity contribution in [1.82, 2.24) is 19.2 Å². The number of methoxy groups -OCH3 is 2. The van der Waals surface area contributed by atoms with Crippen molar-refractivity contribution in [3.8, 4) is 11.5 Å². The van der Waals surface area contributed by atoms with Gasteiger partial charge in [-0.1, -0.05) is 0 Å². The Kier molecular flexibility index (Phi) is 4.68. The number of aryl methyl sites for hydroxylation is 1. The third kappa shape index (κ3) is 3.11. The van der Waals surface area contributed by atoms with Crippen LogP contribution in [-0.4, -0.2) is 40.0 Å². The second-order valence-corrected chi connectivity index (χ2v) is 5.98. The highest BCUT2D eigenvalue weighted by molar-refractivity contribution is 7.71. The number of benzene rings is 1. The second-order valence-electron chi connectivity index (χ2n) is 5.62. The molecule has 1 aromatic carbocycles. The zero-order valence-electron chi connectivity index (χ0n) is 13.8. The van der Waals surface area contributed by atoms with E-state index in [0.717, 1.165) is 42.3 Å². The molecule has 0 spiro atoms. The number of rotatable bonds is 5. The molecule has 0 radical (unpaired) electrons. The first-order valence-electron chi connectivity index (χ1n) is 7.74. The number of ether oxygens (including phenoxy) is 2. The molecule has 1 aromatic heterocycles. The molecule has 2 aromatic rings. The topological polar surface area (TPSA) is 44.5 Å². The highest BCUT2D eigenvalue weighted by atomic mass is 32.1. The molecule has 0 atom stereocenters. The third-order valence-electron chi connectivity index (χ3n) is 4.27. The molecule has 23 heavy (non-hydrogen) atoms. The SMILES string of the molecule is CCn1cnn(CN2CCc3cc(OC)c(OC)cc3C2)c1=S. The number of aromatic nitrogens is 3. The highest BCUT2D eigenvalue weighted by Crippen LogP contribution is 2.33. The molecule has 7 heteroatoms. The van der Waals surface area contributed by atoms with Crippen molar-refractivity contribution in [1.29, 1.82) is 0 Å². The fourth-order valence-electron chi connectivity index (χ4n) is 2.94.